The molecule has 4 N–H and O–H groups in total. The first kappa shape index (κ1) is 21.6. The molecule has 7 nitrogen and oxygen atoms in total. The lowest BCUT2D eigenvalue weighted by Gasteiger charge is -2.33. The lowest BCUT2D eigenvalue weighted by Crippen LogP contribution is -2.40. The summed E-state index contributed by atoms with van der Waals surface area (Å²) in [6.45, 7) is 5.70. The Balaban J connectivity index is 1.94. The van der Waals surface area contributed by atoms with Gasteiger partial charge in [-0.2, -0.15) is 0 Å². The van der Waals surface area contributed by atoms with E-state index in [4.69, 9.17) is 14.2 Å². The molecule has 0 amide bonds. The van der Waals surface area contributed by atoms with Crippen LogP contribution in [0.2, 0.25) is 0 Å². The number of rotatable bonds is 7. The van der Waals surface area contributed by atoms with Gasteiger partial charge in [-0.15, -0.1) is 0 Å². The van der Waals surface area contributed by atoms with Crippen molar-refractivity contribution in [3.05, 3.63) is 29.3 Å². The van der Waals surface area contributed by atoms with E-state index < -0.39 is 18.7 Å². The number of fused-ring (bicyclic) bond motifs is 2. The number of aliphatic hydroxyl groups is 2. The van der Waals surface area contributed by atoms with Crippen LogP contribution in [0.5, 0.6) is 17.2 Å². The number of benzene rings is 2. The summed E-state index contributed by atoms with van der Waals surface area (Å²) in [5.74, 6) is 0.278. The molecule has 1 aliphatic heterocycles. The standard InChI is InChI=1S/C22H30O7/c1-5-11(2)16-7-6-13-8-14-9-15(22(27-4)29-21(26)12(3)23)10-28-20(14)19(25)17(13)18(16)24/h6-8,11-12,15,21-26H,5,9-10H2,1-4H3. The molecule has 0 radical (unpaired) electrons. The van der Waals surface area contributed by atoms with Crippen LogP contribution in [0.3, 0.4) is 0 Å². The highest BCUT2D eigenvalue weighted by atomic mass is 16.7. The zero-order chi connectivity index (χ0) is 21.3. The fourth-order valence-electron chi connectivity index (χ4n) is 3.76. The van der Waals surface area contributed by atoms with Crippen LogP contribution in [-0.4, -0.2) is 52.8 Å². The zero-order valence-electron chi connectivity index (χ0n) is 17.3. The van der Waals surface area contributed by atoms with Crippen molar-refractivity contribution in [3.8, 4) is 17.2 Å². The predicted molar refractivity (Wildman–Crippen MR) is 108 cm³/mol. The highest BCUT2D eigenvalue weighted by Gasteiger charge is 2.33. The Kier molecular flexibility index (Phi) is 6.53. The van der Waals surface area contributed by atoms with Crippen LogP contribution in [0.4, 0.5) is 0 Å². The lowest BCUT2D eigenvalue weighted by molar-refractivity contribution is -0.265. The van der Waals surface area contributed by atoms with E-state index >= 15 is 0 Å². The Morgan fingerprint density at radius 1 is 1.17 bits per heavy atom. The fraction of sp³-hybridized carbons (Fsp3) is 0.545. The second kappa shape index (κ2) is 8.75. The van der Waals surface area contributed by atoms with Crippen molar-refractivity contribution in [3.63, 3.8) is 0 Å². The van der Waals surface area contributed by atoms with E-state index in [1.54, 1.807) is 0 Å². The summed E-state index contributed by atoms with van der Waals surface area (Å²) < 4.78 is 16.6. The van der Waals surface area contributed by atoms with E-state index in [-0.39, 0.29) is 29.9 Å². The minimum atomic E-state index is -1.37. The normalized spacial score (nSPS) is 20.6. The van der Waals surface area contributed by atoms with Crippen LogP contribution in [0, 0.1) is 5.92 Å². The third-order valence-electron chi connectivity index (χ3n) is 5.69. The molecule has 2 aromatic carbocycles. The van der Waals surface area contributed by atoms with Crippen LogP contribution in [0.25, 0.3) is 10.8 Å². The molecule has 1 heterocycles. The summed E-state index contributed by atoms with van der Waals surface area (Å²) in [4.78, 5) is 0. The summed E-state index contributed by atoms with van der Waals surface area (Å²) in [5, 5.41) is 42.0. The molecule has 0 aliphatic carbocycles. The van der Waals surface area contributed by atoms with Gasteiger partial charge >= 0.3 is 0 Å². The van der Waals surface area contributed by atoms with E-state index in [1.165, 1.54) is 14.0 Å². The van der Waals surface area contributed by atoms with Crippen molar-refractivity contribution in [2.45, 2.75) is 58.2 Å². The first-order valence-corrected chi connectivity index (χ1v) is 9.96. The van der Waals surface area contributed by atoms with Crippen molar-refractivity contribution >= 4 is 10.8 Å². The molecule has 160 valence electrons. The molecule has 5 unspecified atom stereocenters. The van der Waals surface area contributed by atoms with Gasteiger partial charge in [0.25, 0.3) is 0 Å². The third-order valence-corrected chi connectivity index (χ3v) is 5.69. The largest absolute Gasteiger partial charge is 0.507 e. The summed E-state index contributed by atoms with van der Waals surface area (Å²) in [6.07, 6.45) is -1.86. The minimum absolute atomic E-state index is 0.0718. The average Bonchev–Trinajstić information content (AvgIpc) is 2.70. The molecule has 2 aromatic rings. The smallest absolute Gasteiger partial charge is 0.183 e. The van der Waals surface area contributed by atoms with Crippen LogP contribution < -0.4 is 4.74 Å². The quantitative estimate of drug-likeness (QED) is 0.524. The van der Waals surface area contributed by atoms with Crippen molar-refractivity contribution < 1.29 is 34.6 Å². The van der Waals surface area contributed by atoms with Gasteiger partial charge in [-0.05, 0) is 48.3 Å². The molecule has 5 atom stereocenters. The molecule has 0 aromatic heterocycles. The maximum atomic E-state index is 10.8. The van der Waals surface area contributed by atoms with Gasteiger partial charge in [0.15, 0.2) is 24.1 Å². The summed E-state index contributed by atoms with van der Waals surface area (Å²) >= 11 is 0. The number of phenols is 2. The number of aromatic hydroxyl groups is 2. The van der Waals surface area contributed by atoms with Gasteiger partial charge in [-0.25, -0.2) is 0 Å². The Morgan fingerprint density at radius 2 is 1.90 bits per heavy atom. The number of hydrogen-bond donors (Lipinski definition) is 4. The molecule has 1 aliphatic rings. The van der Waals surface area contributed by atoms with Crippen LogP contribution in [-0.2, 0) is 15.9 Å². The van der Waals surface area contributed by atoms with E-state index in [2.05, 4.69) is 0 Å². The SMILES string of the molecule is CCC(C)c1ccc2cc3c(c(O)c2c1O)OCC(C(OC)OC(O)C(C)O)C3. The first-order chi connectivity index (χ1) is 13.8. The number of ether oxygens (including phenoxy) is 3. The van der Waals surface area contributed by atoms with E-state index in [9.17, 15) is 20.4 Å². The Hall–Kier alpha value is -2.06. The van der Waals surface area contributed by atoms with E-state index in [1.807, 2.05) is 32.0 Å². The van der Waals surface area contributed by atoms with Crippen molar-refractivity contribution in [2.75, 3.05) is 13.7 Å². The third kappa shape index (κ3) is 4.14. The average molecular weight is 406 g/mol. The van der Waals surface area contributed by atoms with Crippen molar-refractivity contribution in [1.82, 2.24) is 0 Å². The maximum absolute atomic E-state index is 10.8. The Morgan fingerprint density at radius 3 is 2.52 bits per heavy atom. The molecule has 7 heteroatoms. The molecule has 0 fully saturated rings. The fourth-order valence-corrected chi connectivity index (χ4v) is 3.76. The number of hydrogen-bond acceptors (Lipinski definition) is 7. The molecule has 0 spiro atoms. The molecule has 3 rings (SSSR count). The second-order valence-electron chi connectivity index (χ2n) is 7.77. The van der Waals surface area contributed by atoms with Gasteiger partial charge in [0.05, 0.1) is 12.0 Å². The molecular weight excluding hydrogens is 376 g/mol. The van der Waals surface area contributed by atoms with E-state index in [0.29, 0.717) is 22.9 Å². The predicted octanol–water partition coefficient (Wildman–Crippen LogP) is 3.00. The van der Waals surface area contributed by atoms with Crippen LogP contribution >= 0.6 is 0 Å². The minimum Gasteiger partial charge on any atom is -0.507 e. The number of aliphatic hydroxyl groups excluding tert-OH is 2. The molecule has 0 saturated carbocycles. The summed E-state index contributed by atoms with van der Waals surface area (Å²) in [7, 11) is 1.46. The number of phenolic OH excluding ortho intramolecular Hbond substituents is 2. The van der Waals surface area contributed by atoms with Gasteiger partial charge in [0, 0.05) is 13.0 Å². The zero-order valence-corrected chi connectivity index (χ0v) is 17.3. The van der Waals surface area contributed by atoms with E-state index in [0.717, 1.165) is 17.5 Å². The Labute approximate surface area is 170 Å². The number of methoxy groups -OCH3 is 1. The summed E-state index contributed by atoms with van der Waals surface area (Å²) in [5.41, 5.74) is 1.56. The van der Waals surface area contributed by atoms with Gasteiger partial charge < -0.3 is 34.6 Å². The van der Waals surface area contributed by atoms with Gasteiger partial charge in [-0.1, -0.05) is 26.0 Å². The van der Waals surface area contributed by atoms with Crippen LogP contribution in [0.15, 0.2) is 18.2 Å². The van der Waals surface area contributed by atoms with Gasteiger partial charge in [-0.3, -0.25) is 0 Å². The monoisotopic (exact) mass is 406 g/mol. The topological polar surface area (TPSA) is 109 Å². The molecule has 29 heavy (non-hydrogen) atoms. The highest BCUT2D eigenvalue weighted by molar-refractivity contribution is 5.97. The Bertz CT molecular complexity index is 864. The van der Waals surface area contributed by atoms with Crippen molar-refractivity contribution in [1.29, 1.82) is 0 Å². The van der Waals surface area contributed by atoms with Crippen LogP contribution in [0.1, 0.15) is 44.2 Å². The second-order valence-corrected chi connectivity index (χ2v) is 7.77. The summed E-state index contributed by atoms with van der Waals surface area (Å²) in [6, 6.07) is 5.66. The van der Waals surface area contributed by atoms with Gasteiger partial charge in [0.2, 0.25) is 0 Å². The highest BCUT2D eigenvalue weighted by Crippen LogP contribution is 2.47. The molecule has 0 saturated heterocycles. The van der Waals surface area contributed by atoms with Gasteiger partial charge in [0.1, 0.15) is 11.9 Å². The first-order valence-electron chi connectivity index (χ1n) is 9.96. The molecular formula is C22H30O7. The van der Waals surface area contributed by atoms with Crippen molar-refractivity contribution in [2.24, 2.45) is 5.92 Å². The lowest BCUT2D eigenvalue weighted by atomic mass is 9.90. The maximum Gasteiger partial charge on any atom is 0.183 e. The molecule has 0 bridgehead atoms.